The second-order valence-corrected chi connectivity index (χ2v) is 5.33. The molecule has 0 saturated carbocycles. The summed E-state index contributed by atoms with van der Waals surface area (Å²) in [5, 5.41) is 9.31. The Bertz CT molecular complexity index is 511. The van der Waals surface area contributed by atoms with Crippen molar-refractivity contribution in [1.29, 1.82) is 0 Å². The second kappa shape index (κ2) is 7.00. The van der Waals surface area contributed by atoms with Gasteiger partial charge in [-0.25, -0.2) is 0 Å². The fourth-order valence-corrected chi connectivity index (χ4v) is 2.98. The molecule has 2 aromatic rings. The molecule has 98 valence electrons. The molecule has 0 bridgehead atoms. The van der Waals surface area contributed by atoms with Crippen molar-refractivity contribution in [2.24, 2.45) is 0 Å². The number of rotatable bonds is 6. The van der Waals surface area contributed by atoms with E-state index in [1.807, 2.05) is 48.5 Å². The van der Waals surface area contributed by atoms with E-state index in [1.165, 1.54) is 5.56 Å². The molecule has 19 heavy (non-hydrogen) atoms. The highest BCUT2D eigenvalue weighted by Crippen LogP contribution is 2.23. The number of aliphatic carboxylic acids is 1. The maximum atomic E-state index is 11.3. The van der Waals surface area contributed by atoms with E-state index in [-0.39, 0.29) is 0 Å². The van der Waals surface area contributed by atoms with E-state index in [1.54, 1.807) is 11.8 Å². The third-order valence-electron chi connectivity index (χ3n) is 2.90. The molecular weight excluding hydrogens is 256 g/mol. The molecule has 0 aliphatic rings. The summed E-state index contributed by atoms with van der Waals surface area (Å²) in [5.74, 6) is 0.243. The summed E-state index contributed by atoms with van der Waals surface area (Å²) >= 11 is 1.66. The first-order valence-electron chi connectivity index (χ1n) is 6.17. The lowest BCUT2D eigenvalue weighted by molar-refractivity contribution is -0.138. The third-order valence-corrected chi connectivity index (χ3v) is 4.00. The number of carboxylic acid groups (broad SMARTS) is 1. The van der Waals surface area contributed by atoms with Crippen LogP contribution in [0.4, 0.5) is 0 Å². The summed E-state index contributed by atoms with van der Waals surface area (Å²) in [4.78, 5) is 11.3. The highest BCUT2D eigenvalue weighted by Gasteiger charge is 2.19. The lowest BCUT2D eigenvalue weighted by atomic mass is 10.0. The average Bonchev–Trinajstić information content (AvgIpc) is 2.45. The van der Waals surface area contributed by atoms with Crippen LogP contribution in [0.2, 0.25) is 0 Å². The van der Waals surface area contributed by atoms with Gasteiger partial charge in [0.15, 0.2) is 0 Å². The predicted molar refractivity (Wildman–Crippen MR) is 79.4 cm³/mol. The Morgan fingerprint density at radius 3 is 2.16 bits per heavy atom. The monoisotopic (exact) mass is 272 g/mol. The van der Waals surface area contributed by atoms with Crippen molar-refractivity contribution in [3.63, 3.8) is 0 Å². The van der Waals surface area contributed by atoms with Crippen molar-refractivity contribution < 1.29 is 9.90 Å². The topological polar surface area (TPSA) is 37.3 Å². The van der Waals surface area contributed by atoms with E-state index in [4.69, 9.17) is 0 Å². The summed E-state index contributed by atoms with van der Waals surface area (Å²) in [7, 11) is 0. The number of carbonyl (C=O) groups is 1. The van der Waals surface area contributed by atoms with Gasteiger partial charge in [0.25, 0.3) is 0 Å². The Morgan fingerprint density at radius 2 is 1.58 bits per heavy atom. The van der Waals surface area contributed by atoms with E-state index in [2.05, 4.69) is 12.1 Å². The molecule has 0 aromatic heterocycles. The predicted octanol–water partition coefficient (Wildman–Crippen LogP) is 3.79. The van der Waals surface area contributed by atoms with Crippen LogP contribution < -0.4 is 0 Å². The quantitative estimate of drug-likeness (QED) is 0.869. The zero-order valence-electron chi connectivity index (χ0n) is 10.5. The maximum absolute atomic E-state index is 11.3. The Hall–Kier alpha value is -1.74. The maximum Gasteiger partial charge on any atom is 0.311 e. The van der Waals surface area contributed by atoms with Gasteiger partial charge in [0, 0.05) is 11.5 Å². The smallest absolute Gasteiger partial charge is 0.311 e. The number of benzene rings is 2. The molecule has 0 aliphatic carbocycles. The normalized spacial score (nSPS) is 12.0. The Morgan fingerprint density at radius 1 is 1.00 bits per heavy atom. The van der Waals surface area contributed by atoms with Gasteiger partial charge in [-0.3, -0.25) is 4.79 Å². The number of hydrogen-bond acceptors (Lipinski definition) is 2. The Balaban J connectivity index is 1.94. The summed E-state index contributed by atoms with van der Waals surface area (Å²) < 4.78 is 0. The highest BCUT2D eigenvalue weighted by molar-refractivity contribution is 7.98. The molecule has 0 saturated heterocycles. The summed E-state index contributed by atoms with van der Waals surface area (Å²) in [6.07, 6.45) is 0. The molecule has 1 N–H and O–H groups in total. The number of hydrogen-bond donors (Lipinski definition) is 1. The first-order valence-corrected chi connectivity index (χ1v) is 7.32. The van der Waals surface area contributed by atoms with Crippen LogP contribution in [0, 0.1) is 0 Å². The van der Waals surface area contributed by atoms with Gasteiger partial charge in [-0.2, -0.15) is 11.8 Å². The average molecular weight is 272 g/mol. The van der Waals surface area contributed by atoms with Crippen LogP contribution >= 0.6 is 11.8 Å². The molecule has 2 rings (SSSR count). The SMILES string of the molecule is O=C(O)C(CSCc1ccccc1)c1ccccc1. The fourth-order valence-electron chi connectivity index (χ4n) is 1.86. The van der Waals surface area contributed by atoms with Crippen LogP contribution in [0.5, 0.6) is 0 Å². The lowest BCUT2D eigenvalue weighted by Gasteiger charge is -2.12. The van der Waals surface area contributed by atoms with Crippen molar-refractivity contribution in [2.45, 2.75) is 11.7 Å². The van der Waals surface area contributed by atoms with E-state index in [0.717, 1.165) is 11.3 Å². The number of carboxylic acids is 1. The molecule has 1 atom stereocenters. The molecule has 0 amide bonds. The van der Waals surface area contributed by atoms with Gasteiger partial charge in [0.2, 0.25) is 0 Å². The highest BCUT2D eigenvalue weighted by atomic mass is 32.2. The van der Waals surface area contributed by atoms with Crippen molar-refractivity contribution in [1.82, 2.24) is 0 Å². The van der Waals surface area contributed by atoms with Crippen molar-refractivity contribution in [2.75, 3.05) is 5.75 Å². The van der Waals surface area contributed by atoms with Crippen molar-refractivity contribution in [3.8, 4) is 0 Å². The van der Waals surface area contributed by atoms with Crippen LogP contribution in [-0.4, -0.2) is 16.8 Å². The summed E-state index contributed by atoms with van der Waals surface area (Å²) in [6.45, 7) is 0. The van der Waals surface area contributed by atoms with Crippen molar-refractivity contribution >= 4 is 17.7 Å². The van der Waals surface area contributed by atoms with Crippen molar-refractivity contribution in [3.05, 3.63) is 71.8 Å². The van der Waals surface area contributed by atoms with Gasteiger partial charge in [-0.15, -0.1) is 0 Å². The zero-order chi connectivity index (χ0) is 13.5. The van der Waals surface area contributed by atoms with Crippen LogP contribution in [-0.2, 0) is 10.5 Å². The molecule has 2 nitrogen and oxygen atoms in total. The molecule has 0 radical (unpaired) electrons. The molecule has 0 spiro atoms. The minimum absolute atomic E-state index is 0.435. The van der Waals surface area contributed by atoms with Gasteiger partial charge in [0.1, 0.15) is 0 Å². The molecule has 1 unspecified atom stereocenters. The summed E-state index contributed by atoms with van der Waals surface area (Å²) in [6, 6.07) is 19.5. The number of thioether (sulfide) groups is 1. The first kappa shape index (κ1) is 13.7. The molecule has 2 aromatic carbocycles. The molecular formula is C16H16O2S. The molecule has 0 heterocycles. The van der Waals surface area contributed by atoms with Gasteiger partial charge in [-0.1, -0.05) is 60.7 Å². The third kappa shape index (κ3) is 4.14. The Labute approximate surface area is 117 Å². The second-order valence-electron chi connectivity index (χ2n) is 4.30. The Kier molecular flexibility index (Phi) is 5.04. The lowest BCUT2D eigenvalue weighted by Crippen LogP contribution is -2.14. The van der Waals surface area contributed by atoms with E-state index in [0.29, 0.717) is 5.75 Å². The summed E-state index contributed by atoms with van der Waals surface area (Å²) in [5.41, 5.74) is 2.10. The largest absolute Gasteiger partial charge is 0.481 e. The van der Waals surface area contributed by atoms with Gasteiger partial charge in [0.05, 0.1) is 5.92 Å². The van der Waals surface area contributed by atoms with Gasteiger partial charge in [-0.05, 0) is 11.1 Å². The van der Waals surface area contributed by atoms with E-state index >= 15 is 0 Å². The van der Waals surface area contributed by atoms with Crippen LogP contribution in [0.3, 0.4) is 0 Å². The first-order chi connectivity index (χ1) is 9.27. The zero-order valence-corrected chi connectivity index (χ0v) is 11.3. The fraction of sp³-hybridized carbons (Fsp3) is 0.188. The molecule has 0 aliphatic heterocycles. The van der Waals surface area contributed by atoms with Crippen LogP contribution in [0.25, 0.3) is 0 Å². The standard InChI is InChI=1S/C16H16O2S/c17-16(18)15(14-9-5-2-6-10-14)12-19-11-13-7-3-1-4-8-13/h1-10,15H,11-12H2,(H,17,18). The molecule has 0 fully saturated rings. The van der Waals surface area contributed by atoms with Gasteiger partial charge >= 0.3 is 5.97 Å². The van der Waals surface area contributed by atoms with Crippen LogP contribution in [0.15, 0.2) is 60.7 Å². The van der Waals surface area contributed by atoms with Gasteiger partial charge < -0.3 is 5.11 Å². The molecule has 3 heteroatoms. The van der Waals surface area contributed by atoms with E-state index < -0.39 is 11.9 Å². The minimum Gasteiger partial charge on any atom is -0.481 e. The minimum atomic E-state index is -0.758. The van der Waals surface area contributed by atoms with E-state index in [9.17, 15) is 9.90 Å². The van der Waals surface area contributed by atoms with Crippen LogP contribution in [0.1, 0.15) is 17.0 Å².